The smallest absolute Gasteiger partial charge is 0.337 e. The first-order valence-corrected chi connectivity index (χ1v) is 6.95. The molecule has 0 N–H and O–H groups in total. The molecule has 1 aliphatic heterocycles. The van der Waals surface area contributed by atoms with Crippen LogP contribution in [0.2, 0.25) is 0 Å². The fraction of sp³-hybridized carbons (Fsp3) is 0.429. The van der Waals surface area contributed by atoms with Crippen molar-refractivity contribution in [3.63, 3.8) is 0 Å². The molecule has 2 rings (SSSR count). The summed E-state index contributed by atoms with van der Waals surface area (Å²) in [6.07, 6.45) is 0.623. The molecule has 1 atom stereocenters. The summed E-state index contributed by atoms with van der Waals surface area (Å²) in [4.78, 5) is 25.0. The van der Waals surface area contributed by atoms with Crippen molar-refractivity contribution in [1.82, 2.24) is 4.90 Å². The van der Waals surface area contributed by atoms with Gasteiger partial charge in [-0.25, -0.2) is 4.79 Å². The van der Waals surface area contributed by atoms with Crippen molar-refractivity contribution in [2.45, 2.75) is 19.9 Å². The molecule has 0 radical (unpaired) electrons. The summed E-state index contributed by atoms with van der Waals surface area (Å²) in [5.74, 6) is 0.246. The van der Waals surface area contributed by atoms with E-state index in [2.05, 4.69) is 27.6 Å². The monoisotopic (exact) mass is 325 g/mol. The average molecular weight is 326 g/mol. The summed E-state index contributed by atoms with van der Waals surface area (Å²) >= 11 is 3.44. The minimum Gasteiger partial charge on any atom is -0.465 e. The van der Waals surface area contributed by atoms with Crippen LogP contribution in [-0.2, 0) is 16.1 Å². The molecule has 0 aromatic heterocycles. The van der Waals surface area contributed by atoms with Crippen molar-refractivity contribution in [1.29, 1.82) is 0 Å². The van der Waals surface area contributed by atoms with Crippen LogP contribution in [0.3, 0.4) is 0 Å². The second kappa shape index (κ2) is 5.74. The molecule has 0 bridgehead atoms. The number of likely N-dealkylation sites (tertiary alicyclic amines) is 1. The number of hydrogen-bond donors (Lipinski definition) is 0. The zero-order valence-electron chi connectivity index (χ0n) is 11.0. The van der Waals surface area contributed by atoms with E-state index in [0.717, 1.165) is 16.6 Å². The average Bonchev–Trinajstić information content (AvgIpc) is 2.69. The van der Waals surface area contributed by atoms with E-state index in [0.29, 0.717) is 24.4 Å². The lowest BCUT2D eigenvalue weighted by molar-refractivity contribution is -0.128. The Labute approximate surface area is 120 Å². The number of amides is 1. The number of ether oxygens (including phenoxy) is 1. The third-order valence-electron chi connectivity index (χ3n) is 3.24. The zero-order chi connectivity index (χ0) is 14.0. The first-order chi connectivity index (χ1) is 9.01. The Kier molecular flexibility index (Phi) is 4.24. The van der Waals surface area contributed by atoms with Gasteiger partial charge in [-0.1, -0.05) is 28.9 Å². The van der Waals surface area contributed by atoms with Crippen LogP contribution in [0.4, 0.5) is 0 Å². The summed E-state index contributed by atoms with van der Waals surface area (Å²) < 4.78 is 5.49. The van der Waals surface area contributed by atoms with Crippen molar-refractivity contribution in [2.24, 2.45) is 5.92 Å². The molecule has 0 spiro atoms. The largest absolute Gasteiger partial charge is 0.465 e. The Bertz CT molecular complexity index is 515. The topological polar surface area (TPSA) is 46.6 Å². The van der Waals surface area contributed by atoms with Gasteiger partial charge in [-0.15, -0.1) is 0 Å². The van der Waals surface area contributed by atoms with Crippen LogP contribution in [0.25, 0.3) is 0 Å². The first-order valence-electron chi connectivity index (χ1n) is 6.15. The molecule has 1 saturated heterocycles. The molecule has 4 nitrogen and oxygen atoms in total. The van der Waals surface area contributed by atoms with Gasteiger partial charge in [0.05, 0.1) is 12.7 Å². The molecular weight excluding hydrogens is 310 g/mol. The van der Waals surface area contributed by atoms with Crippen LogP contribution in [0, 0.1) is 5.92 Å². The maximum Gasteiger partial charge on any atom is 0.337 e. The summed E-state index contributed by atoms with van der Waals surface area (Å²) in [5.41, 5.74) is 1.49. The Morgan fingerprint density at radius 1 is 1.53 bits per heavy atom. The summed E-state index contributed by atoms with van der Waals surface area (Å²) in [7, 11) is 1.36. The summed E-state index contributed by atoms with van der Waals surface area (Å²) in [6.45, 7) is 3.45. The molecule has 5 heteroatoms. The van der Waals surface area contributed by atoms with Gasteiger partial charge in [-0.3, -0.25) is 4.79 Å². The maximum absolute atomic E-state index is 11.8. The van der Waals surface area contributed by atoms with E-state index in [-0.39, 0.29) is 11.9 Å². The van der Waals surface area contributed by atoms with E-state index in [4.69, 9.17) is 0 Å². The maximum atomic E-state index is 11.8. The fourth-order valence-corrected chi connectivity index (χ4v) is 2.75. The van der Waals surface area contributed by atoms with Crippen LogP contribution in [-0.4, -0.2) is 30.4 Å². The number of nitrogens with zero attached hydrogens (tertiary/aromatic N) is 1. The molecule has 1 aliphatic rings. The standard InChI is InChI=1S/C14H16BrNO3/c1-9-5-13(17)16(7-9)8-11-4-3-10(6-12(11)15)14(18)19-2/h3-4,6,9H,5,7-8H2,1-2H3. The molecule has 102 valence electrons. The molecular formula is C14H16BrNO3. The highest BCUT2D eigenvalue weighted by molar-refractivity contribution is 9.10. The van der Waals surface area contributed by atoms with Gasteiger partial charge < -0.3 is 9.64 Å². The summed E-state index contributed by atoms with van der Waals surface area (Å²) in [6, 6.07) is 5.30. The van der Waals surface area contributed by atoms with Gasteiger partial charge in [0.25, 0.3) is 0 Å². The third kappa shape index (κ3) is 3.15. The SMILES string of the molecule is COC(=O)c1ccc(CN2CC(C)CC2=O)c(Br)c1. The highest BCUT2D eigenvalue weighted by Gasteiger charge is 2.26. The van der Waals surface area contributed by atoms with Crippen LogP contribution >= 0.6 is 15.9 Å². The quantitative estimate of drug-likeness (QED) is 0.802. The van der Waals surface area contributed by atoms with E-state index in [1.165, 1.54) is 7.11 Å². The molecule has 0 aliphatic carbocycles. The summed E-state index contributed by atoms with van der Waals surface area (Å²) in [5, 5.41) is 0. The van der Waals surface area contributed by atoms with E-state index >= 15 is 0 Å². The number of benzene rings is 1. The Morgan fingerprint density at radius 2 is 2.26 bits per heavy atom. The van der Waals surface area contributed by atoms with Crippen molar-refractivity contribution >= 4 is 27.8 Å². The van der Waals surface area contributed by atoms with Crippen molar-refractivity contribution in [3.05, 3.63) is 33.8 Å². The minimum absolute atomic E-state index is 0.191. The van der Waals surface area contributed by atoms with E-state index in [1.807, 2.05) is 11.0 Å². The van der Waals surface area contributed by atoms with Gasteiger partial charge in [0.2, 0.25) is 5.91 Å². The number of halogens is 1. The van der Waals surface area contributed by atoms with Crippen LogP contribution in [0.15, 0.2) is 22.7 Å². The van der Waals surface area contributed by atoms with Crippen LogP contribution in [0.1, 0.15) is 29.3 Å². The van der Waals surface area contributed by atoms with Gasteiger partial charge in [0.15, 0.2) is 0 Å². The first kappa shape index (κ1) is 14.1. The van der Waals surface area contributed by atoms with Crippen molar-refractivity contribution < 1.29 is 14.3 Å². The predicted octanol–water partition coefficient (Wildman–Crippen LogP) is 2.60. The number of carbonyl (C=O) groups is 2. The highest BCUT2D eigenvalue weighted by Crippen LogP contribution is 2.24. The van der Waals surface area contributed by atoms with Crippen LogP contribution < -0.4 is 0 Å². The van der Waals surface area contributed by atoms with Gasteiger partial charge in [-0.2, -0.15) is 0 Å². The molecule has 1 unspecified atom stereocenters. The lowest BCUT2D eigenvalue weighted by Gasteiger charge is -2.17. The Morgan fingerprint density at radius 3 is 2.79 bits per heavy atom. The number of hydrogen-bond acceptors (Lipinski definition) is 3. The van der Waals surface area contributed by atoms with Gasteiger partial charge in [-0.05, 0) is 23.6 Å². The molecule has 1 fully saturated rings. The lowest BCUT2D eigenvalue weighted by Crippen LogP contribution is -2.24. The minimum atomic E-state index is -0.363. The second-order valence-electron chi connectivity index (χ2n) is 4.88. The van der Waals surface area contributed by atoms with Gasteiger partial charge in [0.1, 0.15) is 0 Å². The van der Waals surface area contributed by atoms with Crippen molar-refractivity contribution in [3.8, 4) is 0 Å². The molecule has 1 amide bonds. The molecule has 1 aromatic carbocycles. The van der Waals surface area contributed by atoms with Crippen molar-refractivity contribution in [2.75, 3.05) is 13.7 Å². The van der Waals surface area contributed by atoms with Crippen LogP contribution in [0.5, 0.6) is 0 Å². The van der Waals surface area contributed by atoms with E-state index in [9.17, 15) is 9.59 Å². The predicted molar refractivity (Wildman–Crippen MR) is 74.7 cm³/mol. The molecule has 1 aromatic rings. The zero-order valence-corrected chi connectivity index (χ0v) is 12.6. The van der Waals surface area contributed by atoms with E-state index in [1.54, 1.807) is 12.1 Å². The highest BCUT2D eigenvalue weighted by atomic mass is 79.9. The second-order valence-corrected chi connectivity index (χ2v) is 5.74. The Balaban J connectivity index is 2.13. The fourth-order valence-electron chi connectivity index (χ4n) is 2.25. The molecule has 0 saturated carbocycles. The normalized spacial score (nSPS) is 18.8. The Hall–Kier alpha value is -1.36. The number of carbonyl (C=O) groups excluding carboxylic acids is 2. The molecule has 19 heavy (non-hydrogen) atoms. The van der Waals surface area contributed by atoms with Gasteiger partial charge >= 0.3 is 5.97 Å². The lowest BCUT2D eigenvalue weighted by atomic mass is 10.1. The molecule has 1 heterocycles. The third-order valence-corrected chi connectivity index (χ3v) is 3.98. The number of methoxy groups -OCH3 is 1. The van der Waals surface area contributed by atoms with Gasteiger partial charge in [0, 0.05) is 24.0 Å². The van der Waals surface area contributed by atoms with E-state index < -0.39 is 0 Å². The number of rotatable bonds is 3. The number of esters is 1.